The first-order valence-electron chi connectivity index (χ1n) is 7.45. The van der Waals surface area contributed by atoms with Gasteiger partial charge >= 0.3 is 0 Å². The number of benzene rings is 1. The van der Waals surface area contributed by atoms with E-state index in [1.165, 1.54) is 0 Å². The Morgan fingerprint density at radius 1 is 1.41 bits per heavy atom. The van der Waals surface area contributed by atoms with E-state index < -0.39 is 0 Å². The van der Waals surface area contributed by atoms with Crippen LogP contribution in [-0.4, -0.2) is 50.1 Å². The van der Waals surface area contributed by atoms with Crippen molar-refractivity contribution in [3.8, 4) is 5.75 Å². The number of likely N-dealkylation sites (tertiary alicyclic amines) is 1. The maximum atomic E-state index is 12.4. The van der Waals surface area contributed by atoms with Crippen LogP contribution in [0.3, 0.4) is 0 Å². The van der Waals surface area contributed by atoms with E-state index in [-0.39, 0.29) is 24.2 Å². The topological polar surface area (TPSA) is 67.9 Å². The summed E-state index contributed by atoms with van der Waals surface area (Å²) in [6, 6.07) is 7.29. The van der Waals surface area contributed by atoms with E-state index in [1.807, 2.05) is 25.1 Å². The Hall–Kier alpha value is -2.08. The first kappa shape index (κ1) is 16.3. The van der Waals surface area contributed by atoms with Gasteiger partial charge in [0.05, 0.1) is 24.8 Å². The van der Waals surface area contributed by atoms with Crippen molar-refractivity contribution in [1.29, 1.82) is 0 Å². The molecule has 1 aliphatic heterocycles. The van der Waals surface area contributed by atoms with Crippen LogP contribution in [0.5, 0.6) is 5.75 Å². The molecule has 0 spiro atoms. The van der Waals surface area contributed by atoms with E-state index in [9.17, 15) is 9.59 Å². The summed E-state index contributed by atoms with van der Waals surface area (Å²) >= 11 is 0. The number of carbonyl (C=O) groups excluding carboxylic acids is 2. The molecule has 0 bridgehead atoms. The van der Waals surface area contributed by atoms with Crippen LogP contribution in [-0.2, 0) is 14.3 Å². The summed E-state index contributed by atoms with van der Waals surface area (Å²) in [5.74, 6) is 0.147. The standard InChI is InChI=1S/C16H22N2O4/c1-3-22-14-7-5-4-6-13(14)17-16(20)12-10-15(19)18(11-12)8-9-21-2/h4-7,12H,3,8-11H2,1-2H3,(H,17,20). The lowest BCUT2D eigenvalue weighted by atomic mass is 10.1. The summed E-state index contributed by atoms with van der Waals surface area (Å²) in [5, 5.41) is 2.86. The molecule has 1 atom stereocenters. The van der Waals surface area contributed by atoms with Gasteiger partial charge in [-0.05, 0) is 19.1 Å². The molecule has 1 unspecified atom stereocenters. The summed E-state index contributed by atoms with van der Waals surface area (Å²) in [4.78, 5) is 25.9. The third kappa shape index (κ3) is 3.98. The lowest BCUT2D eigenvalue weighted by Gasteiger charge is -2.16. The summed E-state index contributed by atoms with van der Waals surface area (Å²) < 4.78 is 10.5. The van der Waals surface area contributed by atoms with E-state index in [1.54, 1.807) is 18.1 Å². The molecular weight excluding hydrogens is 284 g/mol. The molecule has 2 amide bonds. The number of carbonyl (C=O) groups is 2. The van der Waals surface area contributed by atoms with Crippen molar-refractivity contribution in [3.63, 3.8) is 0 Å². The minimum Gasteiger partial charge on any atom is -0.492 e. The number of amides is 2. The van der Waals surface area contributed by atoms with E-state index >= 15 is 0 Å². The Morgan fingerprint density at radius 2 is 2.18 bits per heavy atom. The van der Waals surface area contributed by atoms with E-state index in [0.29, 0.717) is 37.7 Å². The lowest BCUT2D eigenvalue weighted by Crippen LogP contribution is -2.30. The molecule has 6 heteroatoms. The highest BCUT2D eigenvalue weighted by Crippen LogP contribution is 2.26. The molecule has 1 fully saturated rings. The van der Waals surface area contributed by atoms with E-state index in [2.05, 4.69) is 5.32 Å². The molecule has 0 saturated carbocycles. The maximum Gasteiger partial charge on any atom is 0.229 e. The van der Waals surface area contributed by atoms with Gasteiger partial charge in [-0.2, -0.15) is 0 Å². The van der Waals surface area contributed by atoms with Crippen LogP contribution in [0, 0.1) is 5.92 Å². The van der Waals surface area contributed by atoms with Gasteiger partial charge < -0.3 is 19.7 Å². The number of rotatable bonds is 7. The number of para-hydroxylation sites is 2. The molecule has 0 aromatic heterocycles. The molecule has 1 aliphatic rings. The average Bonchev–Trinajstić information content (AvgIpc) is 2.88. The Morgan fingerprint density at radius 3 is 2.91 bits per heavy atom. The predicted octanol–water partition coefficient (Wildman–Crippen LogP) is 1.52. The van der Waals surface area contributed by atoms with Gasteiger partial charge in [0.2, 0.25) is 11.8 Å². The van der Waals surface area contributed by atoms with Crippen molar-refractivity contribution in [2.75, 3.05) is 38.7 Å². The molecule has 2 rings (SSSR count). The van der Waals surface area contributed by atoms with Crippen LogP contribution in [0.1, 0.15) is 13.3 Å². The third-order valence-corrected chi connectivity index (χ3v) is 3.60. The Balaban J connectivity index is 1.97. The van der Waals surface area contributed by atoms with Gasteiger partial charge in [-0.25, -0.2) is 0 Å². The van der Waals surface area contributed by atoms with Gasteiger partial charge in [0.1, 0.15) is 5.75 Å². The summed E-state index contributed by atoms with van der Waals surface area (Å²) in [7, 11) is 1.59. The molecule has 1 saturated heterocycles. The van der Waals surface area contributed by atoms with Crippen LogP contribution in [0.2, 0.25) is 0 Å². The molecule has 1 aromatic carbocycles. The molecule has 1 aromatic rings. The predicted molar refractivity (Wildman–Crippen MR) is 82.8 cm³/mol. The van der Waals surface area contributed by atoms with Gasteiger partial charge in [0.15, 0.2) is 0 Å². The zero-order valence-corrected chi connectivity index (χ0v) is 13.0. The van der Waals surface area contributed by atoms with Crippen molar-refractivity contribution >= 4 is 17.5 Å². The summed E-state index contributed by atoms with van der Waals surface area (Å²) in [6.07, 6.45) is 0.242. The Kier molecular flexibility index (Phi) is 5.77. The minimum absolute atomic E-state index is 0.00436. The molecule has 22 heavy (non-hydrogen) atoms. The molecule has 0 aliphatic carbocycles. The molecule has 1 heterocycles. The fourth-order valence-corrected chi connectivity index (χ4v) is 2.45. The quantitative estimate of drug-likeness (QED) is 0.829. The number of hydrogen-bond donors (Lipinski definition) is 1. The second-order valence-electron chi connectivity index (χ2n) is 5.15. The smallest absolute Gasteiger partial charge is 0.229 e. The SMILES string of the molecule is CCOc1ccccc1NC(=O)C1CC(=O)N(CCOC)C1. The first-order valence-corrected chi connectivity index (χ1v) is 7.45. The van der Waals surface area contributed by atoms with Crippen molar-refractivity contribution in [3.05, 3.63) is 24.3 Å². The number of hydrogen-bond acceptors (Lipinski definition) is 4. The van der Waals surface area contributed by atoms with Gasteiger partial charge in [0.25, 0.3) is 0 Å². The molecule has 6 nitrogen and oxygen atoms in total. The Bertz CT molecular complexity index is 533. The lowest BCUT2D eigenvalue weighted by molar-refractivity contribution is -0.128. The number of ether oxygens (including phenoxy) is 2. The largest absolute Gasteiger partial charge is 0.492 e. The van der Waals surface area contributed by atoms with Crippen molar-refractivity contribution in [2.24, 2.45) is 5.92 Å². The van der Waals surface area contributed by atoms with Gasteiger partial charge in [-0.1, -0.05) is 12.1 Å². The first-order chi connectivity index (χ1) is 10.7. The highest BCUT2D eigenvalue weighted by Gasteiger charge is 2.34. The van der Waals surface area contributed by atoms with Crippen LogP contribution < -0.4 is 10.1 Å². The highest BCUT2D eigenvalue weighted by atomic mass is 16.5. The van der Waals surface area contributed by atoms with Crippen molar-refractivity contribution in [1.82, 2.24) is 4.90 Å². The number of anilines is 1. The summed E-state index contributed by atoms with van der Waals surface area (Å²) in [5.41, 5.74) is 0.636. The number of methoxy groups -OCH3 is 1. The van der Waals surface area contributed by atoms with Crippen LogP contribution in [0.15, 0.2) is 24.3 Å². The average molecular weight is 306 g/mol. The normalized spacial score (nSPS) is 17.6. The minimum atomic E-state index is -0.334. The van der Waals surface area contributed by atoms with E-state index in [0.717, 1.165) is 0 Å². The second kappa shape index (κ2) is 7.79. The van der Waals surface area contributed by atoms with E-state index in [4.69, 9.17) is 9.47 Å². The fourth-order valence-electron chi connectivity index (χ4n) is 2.45. The van der Waals surface area contributed by atoms with Crippen LogP contribution >= 0.6 is 0 Å². The molecule has 0 radical (unpaired) electrons. The maximum absolute atomic E-state index is 12.4. The number of nitrogens with zero attached hydrogens (tertiary/aromatic N) is 1. The monoisotopic (exact) mass is 306 g/mol. The van der Waals surface area contributed by atoms with Crippen LogP contribution in [0.4, 0.5) is 5.69 Å². The summed E-state index contributed by atoms with van der Waals surface area (Å²) in [6.45, 7) is 3.86. The van der Waals surface area contributed by atoms with Gasteiger partial charge in [0, 0.05) is 26.6 Å². The third-order valence-electron chi connectivity index (χ3n) is 3.60. The molecule has 120 valence electrons. The highest BCUT2D eigenvalue weighted by molar-refractivity contribution is 5.98. The van der Waals surface area contributed by atoms with Crippen LogP contribution in [0.25, 0.3) is 0 Å². The fraction of sp³-hybridized carbons (Fsp3) is 0.500. The zero-order valence-electron chi connectivity index (χ0n) is 13.0. The molecule has 1 N–H and O–H groups in total. The van der Waals surface area contributed by atoms with Gasteiger partial charge in [-0.15, -0.1) is 0 Å². The van der Waals surface area contributed by atoms with Gasteiger partial charge in [-0.3, -0.25) is 9.59 Å². The second-order valence-corrected chi connectivity index (χ2v) is 5.15. The Labute approximate surface area is 130 Å². The van der Waals surface area contributed by atoms with Crippen molar-refractivity contribution in [2.45, 2.75) is 13.3 Å². The number of nitrogens with one attached hydrogen (secondary N) is 1. The zero-order chi connectivity index (χ0) is 15.9. The van der Waals surface area contributed by atoms with Crippen molar-refractivity contribution < 1.29 is 19.1 Å². The molecular formula is C16H22N2O4.